The zero-order valence-electron chi connectivity index (χ0n) is 7.90. The Hall–Kier alpha value is -1.39. The number of hydrogen-bond donors (Lipinski definition) is 3. The van der Waals surface area contributed by atoms with Gasteiger partial charge in [0, 0.05) is 30.9 Å². The molecule has 1 unspecified atom stereocenters. The van der Waals surface area contributed by atoms with Crippen molar-refractivity contribution in [3.8, 4) is 0 Å². The fourth-order valence-corrected chi connectivity index (χ4v) is 1.62. The number of nitrogen functional groups attached to an aromatic ring is 1. The average molecular weight is 190 g/mol. The topological polar surface area (TPSA) is 77.0 Å². The summed E-state index contributed by atoms with van der Waals surface area (Å²) < 4.78 is 0. The van der Waals surface area contributed by atoms with Crippen molar-refractivity contribution < 1.29 is 0 Å². The second kappa shape index (κ2) is 3.77. The predicted molar refractivity (Wildman–Crippen MR) is 57.5 cm³/mol. The first-order valence-electron chi connectivity index (χ1n) is 4.65. The van der Waals surface area contributed by atoms with Crippen molar-refractivity contribution in [1.82, 2.24) is 10.3 Å². The molecule has 1 aromatic rings. The van der Waals surface area contributed by atoms with Crippen LogP contribution >= 0.6 is 0 Å². The number of aromatic nitrogens is 1. The molecule has 0 amide bonds. The Balaban J connectivity index is 2.35. The van der Waals surface area contributed by atoms with E-state index in [1.165, 1.54) is 0 Å². The molecule has 1 atom stereocenters. The summed E-state index contributed by atoms with van der Waals surface area (Å²) in [5, 5.41) is 3.23. The smallest absolute Gasteiger partial charge is 0.130 e. The highest BCUT2D eigenvalue weighted by Gasteiger charge is 2.12. The SMILES string of the molecule is Nc1ncccc1C1=CC(N)CNC1. The summed E-state index contributed by atoms with van der Waals surface area (Å²) in [6.07, 6.45) is 3.74. The van der Waals surface area contributed by atoms with Crippen LogP contribution in [0.4, 0.5) is 5.82 Å². The molecule has 1 aliphatic rings. The van der Waals surface area contributed by atoms with E-state index in [2.05, 4.69) is 10.3 Å². The maximum Gasteiger partial charge on any atom is 0.130 e. The maximum absolute atomic E-state index is 5.81. The third-order valence-electron chi connectivity index (χ3n) is 2.30. The van der Waals surface area contributed by atoms with Crippen LogP contribution < -0.4 is 16.8 Å². The van der Waals surface area contributed by atoms with Gasteiger partial charge in [0.05, 0.1) is 0 Å². The van der Waals surface area contributed by atoms with Crippen molar-refractivity contribution in [2.75, 3.05) is 18.8 Å². The van der Waals surface area contributed by atoms with Crippen LogP contribution in [-0.2, 0) is 0 Å². The normalized spacial score (nSPS) is 21.8. The van der Waals surface area contributed by atoms with Gasteiger partial charge in [-0.3, -0.25) is 0 Å². The Morgan fingerprint density at radius 2 is 2.36 bits per heavy atom. The van der Waals surface area contributed by atoms with E-state index in [9.17, 15) is 0 Å². The molecule has 0 aliphatic carbocycles. The highest BCUT2D eigenvalue weighted by Crippen LogP contribution is 2.20. The molecule has 4 heteroatoms. The fraction of sp³-hybridized carbons (Fsp3) is 0.300. The summed E-state index contributed by atoms with van der Waals surface area (Å²) in [5.74, 6) is 0.564. The first-order chi connectivity index (χ1) is 6.77. The van der Waals surface area contributed by atoms with Gasteiger partial charge in [0.1, 0.15) is 5.82 Å². The molecule has 0 saturated carbocycles. The van der Waals surface area contributed by atoms with Gasteiger partial charge in [0.2, 0.25) is 0 Å². The standard InChI is InChI=1S/C10H14N4/c11-8-4-7(5-13-6-8)9-2-1-3-14-10(9)12/h1-4,8,13H,5-6,11H2,(H2,12,14). The first kappa shape index (κ1) is 9.18. The molecule has 2 heterocycles. The van der Waals surface area contributed by atoms with Crippen LogP contribution in [0.25, 0.3) is 5.57 Å². The van der Waals surface area contributed by atoms with Gasteiger partial charge in [0.25, 0.3) is 0 Å². The summed E-state index contributed by atoms with van der Waals surface area (Å²) in [5.41, 5.74) is 13.7. The Kier molecular flexibility index (Phi) is 2.47. The molecule has 0 bridgehead atoms. The van der Waals surface area contributed by atoms with Gasteiger partial charge in [0.15, 0.2) is 0 Å². The van der Waals surface area contributed by atoms with E-state index in [-0.39, 0.29) is 6.04 Å². The fourth-order valence-electron chi connectivity index (χ4n) is 1.62. The van der Waals surface area contributed by atoms with Gasteiger partial charge in [-0.2, -0.15) is 0 Å². The van der Waals surface area contributed by atoms with E-state index in [4.69, 9.17) is 11.5 Å². The van der Waals surface area contributed by atoms with Gasteiger partial charge in [-0.15, -0.1) is 0 Å². The molecule has 14 heavy (non-hydrogen) atoms. The van der Waals surface area contributed by atoms with Gasteiger partial charge in [-0.05, 0) is 17.7 Å². The molecule has 2 rings (SSSR count). The lowest BCUT2D eigenvalue weighted by molar-refractivity contribution is 0.663. The van der Waals surface area contributed by atoms with Crippen molar-refractivity contribution in [3.05, 3.63) is 30.0 Å². The summed E-state index contributed by atoms with van der Waals surface area (Å²) in [6.45, 7) is 1.63. The zero-order valence-corrected chi connectivity index (χ0v) is 7.90. The Bertz CT molecular complexity index is 359. The molecule has 74 valence electrons. The zero-order chi connectivity index (χ0) is 9.97. The minimum absolute atomic E-state index is 0.0679. The Morgan fingerprint density at radius 1 is 1.50 bits per heavy atom. The maximum atomic E-state index is 5.81. The van der Waals surface area contributed by atoms with Crippen LogP contribution in [0.1, 0.15) is 5.56 Å². The predicted octanol–water partition coefficient (Wildman–Crippen LogP) is -0.0223. The number of nitrogens with one attached hydrogen (secondary N) is 1. The van der Waals surface area contributed by atoms with Crippen molar-refractivity contribution in [2.45, 2.75) is 6.04 Å². The highest BCUT2D eigenvalue weighted by molar-refractivity contribution is 5.74. The number of anilines is 1. The molecule has 0 radical (unpaired) electrons. The van der Waals surface area contributed by atoms with E-state index in [1.54, 1.807) is 6.20 Å². The van der Waals surface area contributed by atoms with Crippen molar-refractivity contribution in [1.29, 1.82) is 0 Å². The van der Waals surface area contributed by atoms with Crippen LogP contribution in [0.5, 0.6) is 0 Å². The molecular formula is C10H14N4. The van der Waals surface area contributed by atoms with Crippen molar-refractivity contribution >= 4 is 11.4 Å². The minimum Gasteiger partial charge on any atom is -0.383 e. The molecule has 1 aromatic heterocycles. The lowest BCUT2D eigenvalue weighted by atomic mass is 10.0. The van der Waals surface area contributed by atoms with E-state index < -0.39 is 0 Å². The molecule has 5 N–H and O–H groups in total. The number of pyridine rings is 1. The second-order valence-corrected chi connectivity index (χ2v) is 3.42. The summed E-state index contributed by atoms with van der Waals surface area (Å²) in [6, 6.07) is 3.92. The number of nitrogens with two attached hydrogens (primary N) is 2. The van der Waals surface area contributed by atoms with Crippen LogP contribution in [0, 0.1) is 0 Å². The Morgan fingerprint density at radius 3 is 3.07 bits per heavy atom. The summed E-state index contributed by atoms with van der Waals surface area (Å²) >= 11 is 0. The number of rotatable bonds is 1. The third-order valence-corrected chi connectivity index (χ3v) is 2.30. The molecule has 0 spiro atoms. The van der Waals surface area contributed by atoms with E-state index in [1.807, 2.05) is 18.2 Å². The lowest BCUT2D eigenvalue weighted by Gasteiger charge is -2.19. The number of hydrogen-bond acceptors (Lipinski definition) is 4. The average Bonchev–Trinajstić information content (AvgIpc) is 2.18. The molecule has 0 saturated heterocycles. The lowest BCUT2D eigenvalue weighted by Crippen LogP contribution is -2.37. The molecule has 1 aliphatic heterocycles. The summed E-state index contributed by atoms with van der Waals surface area (Å²) in [4.78, 5) is 4.05. The molecule has 0 aromatic carbocycles. The second-order valence-electron chi connectivity index (χ2n) is 3.42. The third kappa shape index (κ3) is 1.76. The molecular weight excluding hydrogens is 176 g/mol. The van der Waals surface area contributed by atoms with Gasteiger partial charge in [-0.25, -0.2) is 4.98 Å². The molecule has 0 fully saturated rings. The van der Waals surface area contributed by atoms with Crippen LogP contribution in [0.3, 0.4) is 0 Å². The van der Waals surface area contributed by atoms with Crippen molar-refractivity contribution in [3.63, 3.8) is 0 Å². The minimum atomic E-state index is 0.0679. The van der Waals surface area contributed by atoms with Crippen molar-refractivity contribution in [2.24, 2.45) is 5.73 Å². The van der Waals surface area contributed by atoms with E-state index in [0.29, 0.717) is 5.82 Å². The van der Waals surface area contributed by atoms with Crippen LogP contribution in [-0.4, -0.2) is 24.1 Å². The van der Waals surface area contributed by atoms with Crippen LogP contribution in [0.15, 0.2) is 24.4 Å². The largest absolute Gasteiger partial charge is 0.383 e. The van der Waals surface area contributed by atoms with Gasteiger partial charge >= 0.3 is 0 Å². The quantitative estimate of drug-likeness (QED) is 0.581. The van der Waals surface area contributed by atoms with Gasteiger partial charge < -0.3 is 16.8 Å². The summed E-state index contributed by atoms with van der Waals surface area (Å²) in [7, 11) is 0. The number of nitrogens with zero attached hydrogens (tertiary/aromatic N) is 1. The monoisotopic (exact) mass is 190 g/mol. The van der Waals surface area contributed by atoms with E-state index in [0.717, 1.165) is 24.2 Å². The van der Waals surface area contributed by atoms with Gasteiger partial charge in [-0.1, -0.05) is 6.08 Å². The van der Waals surface area contributed by atoms with E-state index >= 15 is 0 Å². The highest BCUT2D eigenvalue weighted by atomic mass is 14.9. The van der Waals surface area contributed by atoms with Crippen LogP contribution in [0.2, 0.25) is 0 Å². The molecule has 4 nitrogen and oxygen atoms in total. The Labute approximate surface area is 83.0 Å². The first-order valence-corrected chi connectivity index (χ1v) is 4.65.